The quantitative estimate of drug-likeness (QED) is 0.740. The van der Waals surface area contributed by atoms with Crippen molar-refractivity contribution in [3.63, 3.8) is 0 Å². The largest absolute Gasteiger partial charge is 0.505 e. The third kappa shape index (κ3) is 1.41. The first-order valence-corrected chi connectivity index (χ1v) is 3.96. The molecule has 0 aliphatic carbocycles. The molecule has 0 atom stereocenters. The van der Waals surface area contributed by atoms with Crippen LogP contribution < -0.4 is 0 Å². The van der Waals surface area contributed by atoms with Crippen LogP contribution in [0.4, 0.5) is 0 Å². The molecule has 0 fully saturated rings. The molecular weight excluding hydrogens is 217 g/mol. The summed E-state index contributed by atoms with van der Waals surface area (Å²) >= 11 is 8.60. The van der Waals surface area contributed by atoms with Gasteiger partial charge in [-0.15, -0.1) is 11.6 Å². The summed E-state index contributed by atoms with van der Waals surface area (Å²) in [6.07, 6.45) is 1.58. The maximum atomic E-state index is 9.20. The SMILES string of the molecule is Oc1c(Br)ccnc1CCl. The van der Waals surface area contributed by atoms with Crippen LogP contribution in [0.25, 0.3) is 0 Å². The van der Waals surface area contributed by atoms with Gasteiger partial charge in [-0.3, -0.25) is 4.98 Å². The fourth-order valence-corrected chi connectivity index (χ4v) is 1.11. The molecule has 10 heavy (non-hydrogen) atoms. The van der Waals surface area contributed by atoms with Gasteiger partial charge in [-0.25, -0.2) is 0 Å². The molecule has 1 rings (SSSR count). The third-order valence-electron chi connectivity index (χ3n) is 1.08. The summed E-state index contributed by atoms with van der Waals surface area (Å²) in [7, 11) is 0. The van der Waals surface area contributed by atoms with E-state index in [2.05, 4.69) is 20.9 Å². The van der Waals surface area contributed by atoms with Gasteiger partial charge in [0.15, 0.2) is 5.75 Å². The van der Waals surface area contributed by atoms with E-state index in [1.54, 1.807) is 12.3 Å². The zero-order valence-corrected chi connectivity index (χ0v) is 7.35. The second-order valence-corrected chi connectivity index (χ2v) is 2.84. The average molecular weight is 222 g/mol. The number of nitrogens with zero attached hydrogens (tertiary/aromatic N) is 1. The van der Waals surface area contributed by atoms with Crippen molar-refractivity contribution in [1.82, 2.24) is 4.98 Å². The maximum Gasteiger partial charge on any atom is 0.152 e. The molecule has 0 spiro atoms. The average Bonchev–Trinajstić information content (AvgIpc) is 1.95. The van der Waals surface area contributed by atoms with Crippen LogP contribution >= 0.6 is 27.5 Å². The van der Waals surface area contributed by atoms with Crippen molar-refractivity contribution < 1.29 is 5.11 Å². The Balaban J connectivity index is 3.14. The van der Waals surface area contributed by atoms with Crippen LogP contribution in [0, 0.1) is 0 Å². The van der Waals surface area contributed by atoms with Gasteiger partial charge in [-0.05, 0) is 22.0 Å². The number of alkyl halides is 1. The summed E-state index contributed by atoms with van der Waals surface area (Å²) in [5.74, 6) is 0.350. The van der Waals surface area contributed by atoms with Gasteiger partial charge in [-0.1, -0.05) is 0 Å². The summed E-state index contributed by atoms with van der Waals surface area (Å²) in [6.45, 7) is 0. The molecule has 0 aliphatic rings. The molecule has 0 saturated carbocycles. The lowest BCUT2D eigenvalue weighted by molar-refractivity contribution is 0.463. The topological polar surface area (TPSA) is 33.1 Å². The van der Waals surface area contributed by atoms with Gasteiger partial charge in [0.1, 0.15) is 0 Å². The van der Waals surface area contributed by atoms with Crippen molar-refractivity contribution in [3.05, 3.63) is 22.4 Å². The zero-order chi connectivity index (χ0) is 7.56. The van der Waals surface area contributed by atoms with Gasteiger partial charge < -0.3 is 5.11 Å². The molecule has 1 N–H and O–H groups in total. The highest BCUT2D eigenvalue weighted by Crippen LogP contribution is 2.26. The number of rotatable bonds is 1. The third-order valence-corrected chi connectivity index (χ3v) is 1.97. The number of hydrogen-bond donors (Lipinski definition) is 1. The van der Waals surface area contributed by atoms with Crippen molar-refractivity contribution in [2.24, 2.45) is 0 Å². The summed E-state index contributed by atoms with van der Waals surface area (Å²) in [4.78, 5) is 3.85. The summed E-state index contributed by atoms with van der Waals surface area (Å²) < 4.78 is 0.623. The first-order chi connectivity index (χ1) is 4.75. The Labute approximate surface area is 72.0 Å². The van der Waals surface area contributed by atoms with Gasteiger partial charge in [0.05, 0.1) is 16.0 Å². The second kappa shape index (κ2) is 3.21. The standard InChI is InChI=1S/C6H5BrClNO/c7-4-1-2-9-5(3-8)6(4)10/h1-2,10H,3H2. The Bertz CT molecular complexity index is 241. The lowest BCUT2D eigenvalue weighted by Gasteiger charge is -1.99. The van der Waals surface area contributed by atoms with Crippen molar-refractivity contribution in [3.8, 4) is 5.75 Å². The minimum atomic E-state index is 0.123. The highest BCUT2D eigenvalue weighted by Gasteiger charge is 2.03. The Morgan fingerprint density at radius 3 is 2.90 bits per heavy atom. The summed E-state index contributed by atoms with van der Waals surface area (Å²) in [5.41, 5.74) is 0.496. The van der Waals surface area contributed by atoms with E-state index in [0.29, 0.717) is 10.2 Å². The van der Waals surface area contributed by atoms with E-state index in [9.17, 15) is 5.11 Å². The van der Waals surface area contributed by atoms with Crippen molar-refractivity contribution in [2.75, 3.05) is 0 Å². The van der Waals surface area contributed by atoms with E-state index in [1.165, 1.54) is 0 Å². The molecule has 0 aromatic carbocycles. The van der Waals surface area contributed by atoms with Crippen LogP contribution in [0.5, 0.6) is 5.75 Å². The Kier molecular flexibility index (Phi) is 2.51. The van der Waals surface area contributed by atoms with Crippen molar-refractivity contribution >= 4 is 27.5 Å². The first kappa shape index (κ1) is 7.82. The second-order valence-electron chi connectivity index (χ2n) is 1.72. The predicted molar refractivity (Wildman–Crippen MR) is 43.2 cm³/mol. The first-order valence-electron chi connectivity index (χ1n) is 2.64. The van der Waals surface area contributed by atoms with E-state index in [1.807, 2.05) is 0 Å². The van der Waals surface area contributed by atoms with Gasteiger partial charge in [0, 0.05) is 6.20 Å². The van der Waals surface area contributed by atoms with Gasteiger partial charge >= 0.3 is 0 Å². The van der Waals surface area contributed by atoms with Crippen LogP contribution in [0.1, 0.15) is 5.69 Å². The molecule has 54 valence electrons. The monoisotopic (exact) mass is 221 g/mol. The van der Waals surface area contributed by atoms with Crippen molar-refractivity contribution in [2.45, 2.75) is 5.88 Å². The van der Waals surface area contributed by atoms with E-state index >= 15 is 0 Å². The van der Waals surface area contributed by atoms with E-state index in [4.69, 9.17) is 11.6 Å². The van der Waals surface area contributed by atoms with Gasteiger partial charge in [-0.2, -0.15) is 0 Å². The molecule has 0 amide bonds. The van der Waals surface area contributed by atoms with Gasteiger partial charge in [0.25, 0.3) is 0 Å². The molecule has 1 aromatic rings. The Morgan fingerprint density at radius 1 is 1.70 bits per heavy atom. The predicted octanol–water partition coefficient (Wildman–Crippen LogP) is 2.29. The molecule has 2 nitrogen and oxygen atoms in total. The lowest BCUT2D eigenvalue weighted by Crippen LogP contribution is -1.84. The molecule has 0 bridgehead atoms. The fourth-order valence-electron chi connectivity index (χ4n) is 0.568. The summed E-state index contributed by atoms with van der Waals surface area (Å²) in [6, 6.07) is 1.66. The van der Waals surface area contributed by atoms with Crippen LogP contribution in [0.15, 0.2) is 16.7 Å². The number of aromatic hydroxyl groups is 1. The van der Waals surface area contributed by atoms with E-state index in [-0.39, 0.29) is 11.6 Å². The Hall–Kier alpha value is -0.280. The maximum absolute atomic E-state index is 9.20. The van der Waals surface area contributed by atoms with E-state index in [0.717, 1.165) is 0 Å². The van der Waals surface area contributed by atoms with E-state index < -0.39 is 0 Å². The van der Waals surface area contributed by atoms with Crippen molar-refractivity contribution in [1.29, 1.82) is 0 Å². The molecule has 0 saturated heterocycles. The number of pyridine rings is 1. The highest BCUT2D eigenvalue weighted by molar-refractivity contribution is 9.10. The molecule has 1 aromatic heterocycles. The smallest absolute Gasteiger partial charge is 0.152 e. The molecule has 4 heteroatoms. The fraction of sp³-hybridized carbons (Fsp3) is 0.167. The zero-order valence-electron chi connectivity index (χ0n) is 5.01. The number of aromatic nitrogens is 1. The highest BCUT2D eigenvalue weighted by atomic mass is 79.9. The molecule has 0 unspecified atom stereocenters. The van der Waals surface area contributed by atoms with Crippen LogP contribution in [0.2, 0.25) is 0 Å². The Morgan fingerprint density at radius 2 is 2.40 bits per heavy atom. The van der Waals surface area contributed by atoms with Gasteiger partial charge in [0.2, 0.25) is 0 Å². The minimum Gasteiger partial charge on any atom is -0.505 e. The normalized spacial score (nSPS) is 9.80. The van der Waals surface area contributed by atoms with Crippen LogP contribution in [0.3, 0.4) is 0 Å². The molecule has 0 aliphatic heterocycles. The lowest BCUT2D eigenvalue weighted by atomic mass is 10.3. The molecular formula is C6H5BrClNO. The molecule has 0 radical (unpaired) electrons. The molecule has 1 heterocycles. The number of halogens is 2. The van der Waals surface area contributed by atoms with Crippen LogP contribution in [-0.4, -0.2) is 10.1 Å². The number of hydrogen-bond acceptors (Lipinski definition) is 2. The van der Waals surface area contributed by atoms with Crippen LogP contribution in [-0.2, 0) is 5.88 Å². The minimum absolute atomic E-state index is 0.123. The summed E-state index contributed by atoms with van der Waals surface area (Å²) in [5, 5.41) is 9.20.